The van der Waals surface area contributed by atoms with Crippen molar-refractivity contribution in [3.63, 3.8) is 0 Å². The van der Waals surface area contributed by atoms with E-state index in [9.17, 15) is 4.79 Å². The summed E-state index contributed by atoms with van der Waals surface area (Å²) in [5, 5.41) is 2.68. The lowest BCUT2D eigenvalue weighted by molar-refractivity contribution is -0.247. The van der Waals surface area contributed by atoms with Crippen molar-refractivity contribution in [2.24, 2.45) is 0 Å². The highest BCUT2D eigenvalue weighted by Gasteiger charge is 2.62. The molecule has 0 unspecified atom stereocenters. The first-order valence-corrected chi connectivity index (χ1v) is 12.1. The fourth-order valence-corrected chi connectivity index (χ4v) is 5.70. The third kappa shape index (κ3) is 4.45. The highest BCUT2D eigenvalue weighted by molar-refractivity contribution is 7.09. The van der Waals surface area contributed by atoms with Crippen molar-refractivity contribution in [1.82, 2.24) is 9.88 Å². The van der Waals surface area contributed by atoms with Crippen LogP contribution in [-0.2, 0) is 35.0 Å². The third-order valence-corrected chi connectivity index (χ3v) is 6.99. The van der Waals surface area contributed by atoms with Crippen LogP contribution in [0.2, 0.25) is 0 Å². The number of thiazole rings is 1. The Hall–Kier alpha value is -1.88. The second kappa shape index (κ2) is 8.41. The summed E-state index contributed by atoms with van der Waals surface area (Å²) in [5.41, 5.74) is 1.02. The van der Waals surface area contributed by atoms with E-state index < -0.39 is 48.3 Å². The highest BCUT2D eigenvalue weighted by atomic mass is 32.1. The molecule has 5 rings (SSSR count). The minimum atomic E-state index is -0.824. The van der Waals surface area contributed by atoms with Crippen molar-refractivity contribution in [2.75, 3.05) is 0 Å². The Morgan fingerprint density at radius 3 is 2.36 bits per heavy atom. The van der Waals surface area contributed by atoms with Crippen molar-refractivity contribution >= 4 is 17.2 Å². The molecule has 0 spiro atoms. The van der Waals surface area contributed by atoms with Gasteiger partial charge in [0.1, 0.15) is 35.5 Å². The number of ether oxygens (including phenoxy) is 5. The van der Waals surface area contributed by atoms with Crippen LogP contribution in [0.5, 0.6) is 0 Å². The maximum atomic E-state index is 13.0. The van der Waals surface area contributed by atoms with E-state index in [1.54, 1.807) is 18.0 Å². The molecular weight excluding hydrogens is 444 g/mol. The van der Waals surface area contributed by atoms with Crippen LogP contribution >= 0.6 is 11.3 Å². The van der Waals surface area contributed by atoms with Gasteiger partial charge in [-0.05, 0) is 33.3 Å². The summed E-state index contributed by atoms with van der Waals surface area (Å²) < 4.78 is 31.4. The van der Waals surface area contributed by atoms with Gasteiger partial charge < -0.3 is 28.6 Å². The number of hydrogen-bond donors (Lipinski definition) is 0. The van der Waals surface area contributed by atoms with Gasteiger partial charge in [-0.25, -0.2) is 4.98 Å². The second-order valence-electron chi connectivity index (χ2n) is 9.58. The predicted octanol–water partition coefficient (Wildman–Crippen LogP) is 3.63. The molecule has 4 heterocycles. The Morgan fingerprint density at radius 1 is 1.03 bits per heavy atom. The van der Waals surface area contributed by atoms with Gasteiger partial charge in [0.05, 0.1) is 0 Å². The molecule has 3 aliphatic heterocycles. The molecule has 2 aromatic rings. The Balaban J connectivity index is 1.55. The van der Waals surface area contributed by atoms with Gasteiger partial charge in [0.2, 0.25) is 5.91 Å². The maximum absolute atomic E-state index is 13.0. The summed E-state index contributed by atoms with van der Waals surface area (Å²) in [4.78, 5) is 19.4. The fraction of sp³-hybridized carbons (Fsp3) is 0.583. The van der Waals surface area contributed by atoms with Gasteiger partial charge in [-0.15, -0.1) is 11.3 Å². The summed E-state index contributed by atoms with van der Waals surface area (Å²) in [6.45, 7) is 9.46. The smallest absolute Gasteiger partial charge is 0.220 e. The van der Waals surface area contributed by atoms with E-state index in [1.807, 2.05) is 63.4 Å². The minimum absolute atomic E-state index is 0.0802. The van der Waals surface area contributed by atoms with E-state index in [4.69, 9.17) is 23.7 Å². The van der Waals surface area contributed by atoms with Crippen LogP contribution in [0.4, 0.5) is 0 Å². The molecule has 9 heteroatoms. The molecular formula is C24H30N2O6S. The van der Waals surface area contributed by atoms with Gasteiger partial charge in [0.25, 0.3) is 0 Å². The molecule has 3 saturated heterocycles. The first-order valence-electron chi connectivity index (χ1n) is 11.2. The zero-order valence-electron chi connectivity index (χ0n) is 19.5. The second-order valence-corrected chi connectivity index (χ2v) is 10.5. The number of nitrogens with zero attached hydrogens (tertiary/aromatic N) is 2. The summed E-state index contributed by atoms with van der Waals surface area (Å²) in [5.74, 6) is -1.72. The van der Waals surface area contributed by atoms with Crippen molar-refractivity contribution in [2.45, 2.75) is 89.5 Å². The number of carbonyl (C=O) groups excluding carboxylic acids is 1. The minimum Gasteiger partial charge on any atom is -0.342 e. The Bertz CT molecular complexity index is 982. The van der Waals surface area contributed by atoms with E-state index in [0.717, 1.165) is 10.6 Å². The van der Waals surface area contributed by atoms with Crippen molar-refractivity contribution in [3.8, 4) is 0 Å². The van der Waals surface area contributed by atoms with Crippen molar-refractivity contribution in [3.05, 3.63) is 52.5 Å². The zero-order chi connectivity index (χ0) is 23.4. The summed E-state index contributed by atoms with van der Waals surface area (Å²) in [6, 6.07) is 9.41. The van der Waals surface area contributed by atoms with Gasteiger partial charge in [0, 0.05) is 25.0 Å². The van der Waals surface area contributed by atoms with E-state index in [0.29, 0.717) is 6.54 Å². The van der Waals surface area contributed by atoms with Crippen LogP contribution in [0.1, 0.15) is 51.2 Å². The molecule has 33 heavy (non-hydrogen) atoms. The standard InChI is InChI=1S/C24H30N2O6S/c1-14(27)26(13-15-9-7-6-8-10-15)16(21-25-11-12-33-21)17-18-19(30-23(2,3)29-18)20-22(28-17)32-24(4,5)31-20/h6-12,16-20,22H,13H2,1-5H3/t16-,17+,18-,19-,20+,22+/m0/s1. The number of carbonyl (C=O) groups is 1. The van der Waals surface area contributed by atoms with Gasteiger partial charge in [0.15, 0.2) is 17.9 Å². The fourth-order valence-electron chi connectivity index (χ4n) is 4.91. The molecule has 0 radical (unpaired) electrons. The zero-order valence-corrected chi connectivity index (χ0v) is 20.3. The Kier molecular flexibility index (Phi) is 5.83. The summed E-state index contributed by atoms with van der Waals surface area (Å²) in [7, 11) is 0. The van der Waals surface area contributed by atoms with Crippen LogP contribution in [0.15, 0.2) is 41.9 Å². The highest BCUT2D eigenvalue weighted by Crippen LogP contribution is 2.48. The van der Waals surface area contributed by atoms with Crippen molar-refractivity contribution in [1.29, 1.82) is 0 Å². The SMILES string of the molecule is CC(=O)N(Cc1ccccc1)[C@H](c1nccs1)[C@H]1O[C@@H]2OC(C)(C)O[C@@H]2[C@H]2OC(C)(C)O[C@H]21. The van der Waals surface area contributed by atoms with Gasteiger partial charge in [-0.1, -0.05) is 30.3 Å². The first-order chi connectivity index (χ1) is 15.6. The Morgan fingerprint density at radius 2 is 1.70 bits per heavy atom. The normalized spacial score (nSPS) is 32.7. The molecule has 3 fully saturated rings. The van der Waals surface area contributed by atoms with Crippen LogP contribution in [0.3, 0.4) is 0 Å². The Labute approximate surface area is 197 Å². The van der Waals surface area contributed by atoms with Crippen LogP contribution < -0.4 is 0 Å². The third-order valence-electron chi connectivity index (χ3n) is 6.14. The molecule has 1 aromatic heterocycles. The van der Waals surface area contributed by atoms with E-state index in [2.05, 4.69) is 4.98 Å². The summed E-state index contributed by atoms with van der Waals surface area (Å²) in [6.07, 6.45) is -0.764. The lowest BCUT2D eigenvalue weighted by Gasteiger charge is -2.43. The van der Waals surface area contributed by atoms with Gasteiger partial charge in [-0.3, -0.25) is 4.79 Å². The van der Waals surface area contributed by atoms with Gasteiger partial charge >= 0.3 is 0 Å². The number of hydrogen-bond acceptors (Lipinski definition) is 8. The first kappa shape index (κ1) is 22.9. The average Bonchev–Trinajstić information content (AvgIpc) is 3.44. The lowest BCUT2D eigenvalue weighted by Crippen LogP contribution is -2.59. The van der Waals surface area contributed by atoms with E-state index in [-0.39, 0.29) is 5.91 Å². The van der Waals surface area contributed by atoms with Gasteiger partial charge in [-0.2, -0.15) is 0 Å². The average molecular weight is 475 g/mol. The maximum Gasteiger partial charge on any atom is 0.220 e. The van der Waals surface area contributed by atoms with Crippen LogP contribution in [0.25, 0.3) is 0 Å². The molecule has 0 saturated carbocycles. The molecule has 8 nitrogen and oxygen atoms in total. The molecule has 1 amide bonds. The molecule has 1 aromatic carbocycles. The topological polar surface area (TPSA) is 79.4 Å². The van der Waals surface area contributed by atoms with E-state index in [1.165, 1.54) is 11.3 Å². The largest absolute Gasteiger partial charge is 0.342 e. The van der Waals surface area contributed by atoms with Crippen molar-refractivity contribution < 1.29 is 28.5 Å². The molecule has 6 atom stereocenters. The van der Waals surface area contributed by atoms with Crippen LogP contribution in [-0.4, -0.2) is 58.1 Å². The molecule has 0 bridgehead atoms. The molecule has 178 valence electrons. The number of benzene rings is 1. The number of aromatic nitrogens is 1. The van der Waals surface area contributed by atoms with Crippen LogP contribution in [0, 0.1) is 0 Å². The molecule has 0 aliphatic carbocycles. The monoisotopic (exact) mass is 474 g/mol. The number of fused-ring (bicyclic) bond motifs is 3. The van der Waals surface area contributed by atoms with E-state index >= 15 is 0 Å². The summed E-state index contributed by atoms with van der Waals surface area (Å²) >= 11 is 1.49. The number of amides is 1. The molecule has 0 N–H and O–H groups in total. The predicted molar refractivity (Wildman–Crippen MR) is 120 cm³/mol. The quantitative estimate of drug-likeness (QED) is 0.655. The lowest BCUT2D eigenvalue weighted by atomic mass is 9.93. The number of rotatable bonds is 5. The molecule has 3 aliphatic rings.